The van der Waals surface area contributed by atoms with Gasteiger partial charge in [0.2, 0.25) is 4.96 Å². The molecule has 0 unspecified atom stereocenters. The zero-order valence-electron chi connectivity index (χ0n) is 11.5. The largest absolute Gasteiger partial charge is 0.483 e. The highest BCUT2D eigenvalue weighted by Crippen LogP contribution is 2.25. The van der Waals surface area contributed by atoms with Gasteiger partial charge in [-0.3, -0.25) is 0 Å². The molecular weight excluding hydrogens is 272 g/mol. The van der Waals surface area contributed by atoms with Gasteiger partial charge in [0, 0.05) is 6.42 Å². The third kappa shape index (κ3) is 2.51. The zero-order valence-corrected chi connectivity index (χ0v) is 12.3. The second-order valence-corrected chi connectivity index (χ2v) is 5.56. The second kappa shape index (κ2) is 5.58. The van der Waals surface area contributed by atoms with E-state index in [2.05, 4.69) is 22.2 Å². The molecule has 1 aromatic carbocycles. The van der Waals surface area contributed by atoms with Crippen LogP contribution in [0.25, 0.3) is 4.96 Å². The van der Waals surface area contributed by atoms with Gasteiger partial charge in [-0.25, -0.2) is 0 Å². The van der Waals surface area contributed by atoms with Gasteiger partial charge in [0.05, 0.1) is 0 Å². The minimum absolute atomic E-state index is 0.0985. The number of aromatic nitrogens is 4. The van der Waals surface area contributed by atoms with Crippen LogP contribution in [0.1, 0.15) is 37.2 Å². The number of aryl methyl sites for hydroxylation is 1. The molecule has 0 radical (unpaired) electrons. The first-order chi connectivity index (χ1) is 9.78. The molecule has 0 spiro atoms. The van der Waals surface area contributed by atoms with E-state index >= 15 is 0 Å². The van der Waals surface area contributed by atoms with E-state index in [4.69, 9.17) is 4.74 Å². The summed E-state index contributed by atoms with van der Waals surface area (Å²) in [5, 5.41) is 13.8. The topological polar surface area (TPSA) is 52.3 Å². The van der Waals surface area contributed by atoms with Gasteiger partial charge >= 0.3 is 0 Å². The van der Waals surface area contributed by atoms with E-state index < -0.39 is 0 Å². The molecule has 0 bridgehead atoms. The highest BCUT2D eigenvalue weighted by atomic mass is 32.1. The molecule has 0 saturated heterocycles. The smallest absolute Gasteiger partial charge is 0.234 e. The Morgan fingerprint density at radius 2 is 2.05 bits per heavy atom. The van der Waals surface area contributed by atoms with Crippen molar-refractivity contribution in [3.63, 3.8) is 0 Å². The van der Waals surface area contributed by atoms with Crippen molar-refractivity contribution in [3.05, 3.63) is 41.2 Å². The van der Waals surface area contributed by atoms with Gasteiger partial charge in [-0.05, 0) is 25.5 Å². The van der Waals surface area contributed by atoms with Crippen LogP contribution >= 0.6 is 11.3 Å². The van der Waals surface area contributed by atoms with Crippen LogP contribution in [0.4, 0.5) is 0 Å². The molecule has 6 heteroatoms. The summed E-state index contributed by atoms with van der Waals surface area (Å²) in [4.78, 5) is 0.826. The fraction of sp³-hybridized carbons (Fsp3) is 0.357. The lowest BCUT2D eigenvalue weighted by Crippen LogP contribution is -2.04. The van der Waals surface area contributed by atoms with E-state index in [-0.39, 0.29) is 6.10 Å². The number of para-hydroxylation sites is 1. The Kier molecular flexibility index (Phi) is 3.64. The van der Waals surface area contributed by atoms with Crippen molar-refractivity contribution in [1.82, 2.24) is 19.8 Å². The fourth-order valence-electron chi connectivity index (χ4n) is 1.97. The van der Waals surface area contributed by atoms with Crippen LogP contribution in [0.3, 0.4) is 0 Å². The Balaban J connectivity index is 1.83. The van der Waals surface area contributed by atoms with Crippen molar-refractivity contribution in [2.24, 2.45) is 0 Å². The molecule has 5 nitrogen and oxygen atoms in total. The highest BCUT2D eigenvalue weighted by Gasteiger charge is 2.16. The van der Waals surface area contributed by atoms with E-state index in [0.717, 1.165) is 34.4 Å². The summed E-state index contributed by atoms with van der Waals surface area (Å²) in [6.07, 6.45) is 1.82. The third-order valence-electron chi connectivity index (χ3n) is 2.95. The maximum atomic E-state index is 5.89. The Labute approximate surface area is 121 Å². The Hall–Kier alpha value is -1.95. The van der Waals surface area contributed by atoms with Crippen LogP contribution in [0, 0.1) is 0 Å². The van der Waals surface area contributed by atoms with Gasteiger partial charge in [-0.15, -0.1) is 10.2 Å². The van der Waals surface area contributed by atoms with Gasteiger partial charge in [-0.2, -0.15) is 9.61 Å². The molecule has 2 heterocycles. The van der Waals surface area contributed by atoms with E-state index in [9.17, 15) is 0 Å². The summed E-state index contributed by atoms with van der Waals surface area (Å²) in [5.41, 5.74) is 0. The van der Waals surface area contributed by atoms with Gasteiger partial charge in [0.25, 0.3) is 0 Å². The monoisotopic (exact) mass is 288 g/mol. The highest BCUT2D eigenvalue weighted by molar-refractivity contribution is 7.16. The molecule has 104 valence electrons. The molecule has 0 N–H and O–H groups in total. The first kappa shape index (κ1) is 13.1. The van der Waals surface area contributed by atoms with Crippen LogP contribution in [0.5, 0.6) is 5.75 Å². The molecule has 1 atom stereocenters. The average molecular weight is 288 g/mol. The molecule has 0 amide bonds. The second-order valence-electron chi connectivity index (χ2n) is 4.57. The first-order valence-electron chi connectivity index (χ1n) is 6.70. The lowest BCUT2D eigenvalue weighted by atomic mass is 10.3. The zero-order chi connectivity index (χ0) is 13.9. The minimum Gasteiger partial charge on any atom is -0.483 e. The maximum absolute atomic E-state index is 5.89. The maximum Gasteiger partial charge on any atom is 0.234 e. The molecule has 0 fully saturated rings. The number of hydrogen-bond donors (Lipinski definition) is 0. The number of ether oxygens (including phenoxy) is 1. The molecule has 0 saturated carbocycles. The SMILES string of the molecule is CCCc1nnc2sc([C@H](C)Oc3ccccc3)nn12. The van der Waals surface area contributed by atoms with Crippen LogP contribution in [-0.4, -0.2) is 19.8 Å². The predicted octanol–water partition coefficient (Wildman–Crippen LogP) is 3.28. The normalized spacial score (nSPS) is 12.7. The quantitative estimate of drug-likeness (QED) is 0.723. The summed E-state index contributed by atoms with van der Waals surface area (Å²) in [5.74, 6) is 1.76. The summed E-state index contributed by atoms with van der Waals surface area (Å²) in [6.45, 7) is 4.12. The van der Waals surface area contributed by atoms with Crippen molar-refractivity contribution in [1.29, 1.82) is 0 Å². The van der Waals surface area contributed by atoms with Crippen molar-refractivity contribution in [2.45, 2.75) is 32.8 Å². The van der Waals surface area contributed by atoms with E-state index in [1.807, 2.05) is 41.8 Å². The molecule has 0 aliphatic heterocycles. The van der Waals surface area contributed by atoms with Crippen molar-refractivity contribution in [2.75, 3.05) is 0 Å². The molecule has 0 aliphatic carbocycles. The molecule has 3 aromatic rings. The van der Waals surface area contributed by atoms with Crippen LogP contribution in [0.15, 0.2) is 30.3 Å². The number of hydrogen-bond acceptors (Lipinski definition) is 5. The molecule has 3 rings (SSSR count). The van der Waals surface area contributed by atoms with Crippen LogP contribution in [0.2, 0.25) is 0 Å². The lowest BCUT2D eigenvalue weighted by Gasteiger charge is -2.11. The van der Waals surface area contributed by atoms with Crippen molar-refractivity contribution >= 4 is 16.3 Å². The van der Waals surface area contributed by atoms with E-state index in [1.165, 1.54) is 11.3 Å². The summed E-state index contributed by atoms with van der Waals surface area (Å²) < 4.78 is 7.71. The third-order valence-corrected chi connectivity index (χ3v) is 4.01. The fourth-order valence-corrected chi connectivity index (χ4v) is 2.81. The Morgan fingerprint density at radius 1 is 1.25 bits per heavy atom. The summed E-state index contributed by atoms with van der Waals surface area (Å²) in [7, 11) is 0. The van der Waals surface area contributed by atoms with Crippen LogP contribution in [-0.2, 0) is 6.42 Å². The Morgan fingerprint density at radius 3 is 2.80 bits per heavy atom. The summed E-state index contributed by atoms with van der Waals surface area (Å²) >= 11 is 1.52. The lowest BCUT2D eigenvalue weighted by molar-refractivity contribution is 0.225. The molecule has 2 aromatic heterocycles. The number of benzene rings is 1. The van der Waals surface area contributed by atoms with Gasteiger partial charge in [0.1, 0.15) is 11.9 Å². The Bertz CT molecular complexity index is 692. The van der Waals surface area contributed by atoms with Crippen molar-refractivity contribution in [3.8, 4) is 5.75 Å². The first-order valence-corrected chi connectivity index (χ1v) is 7.52. The predicted molar refractivity (Wildman–Crippen MR) is 78.1 cm³/mol. The molecule has 20 heavy (non-hydrogen) atoms. The van der Waals surface area contributed by atoms with Gasteiger partial charge < -0.3 is 4.74 Å². The van der Waals surface area contributed by atoms with E-state index in [1.54, 1.807) is 0 Å². The molecular formula is C14H16N4OS. The average Bonchev–Trinajstić information content (AvgIpc) is 3.02. The number of fused-ring (bicyclic) bond motifs is 1. The van der Waals surface area contributed by atoms with Gasteiger partial charge in [0.15, 0.2) is 10.8 Å². The van der Waals surface area contributed by atoms with E-state index in [0.29, 0.717) is 0 Å². The van der Waals surface area contributed by atoms with Crippen LogP contribution < -0.4 is 4.74 Å². The number of rotatable bonds is 5. The minimum atomic E-state index is -0.0985. The standard InChI is InChI=1S/C14H16N4OS/c1-3-7-12-15-16-14-18(12)17-13(20-14)10(2)19-11-8-5-4-6-9-11/h4-6,8-10H,3,7H2,1-2H3/t10-/m0/s1. The number of nitrogens with zero attached hydrogens (tertiary/aromatic N) is 4. The summed E-state index contributed by atoms with van der Waals surface area (Å²) in [6, 6.07) is 9.77. The van der Waals surface area contributed by atoms with Crippen molar-refractivity contribution < 1.29 is 4.74 Å². The molecule has 0 aliphatic rings. The van der Waals surface area contributed by atoms with Gasteiger partial charge in [-0.1, -0.05) is 36.5 Å².